The van der Waals surface area contributed by atoms with Crippen LogP contribution in [0.5, 0.6) is 0 Å². The van der Waals surface area contributed by atoms with Crippen molar-refractivity contribution in [3.8, 4) is 6.07 Å². The highest BCUT2D eigenvalue weighted by Crippen LogP contribution is 2.37. The van der Waals surface area contributed by atoms with E-state index >= 15 is 0 Å². The number of para-hydroxylation sites is 2. The molecule has 7 nitrogen and oxygen atoms in total. The molecule has 266 valence electrons. The first-order valence-corrected chi connectivity index (χ1v) is 16.1. The van der Waals surface area contributed by atoms with Crippen LogP contribution in [-0.2, 0) is 0 Å². The molecule has 0 radical (unpaired) electrons. The summed E-state index contributed by atoms with van der Waals surface area (Å²) in [5, 5.41) is 24.7. The molecule has 0 aliphatic carbocycles. The summed E-state index contributed by atoms with van der Waals surface area (Å²) in [6, 6.07) is 39.7. The van der Waals surface area contributed by atoms with Crippen LogP contribution >= 0.6 is 0 Å². The van der Waals surface area contributed by atoms with Crippen molar-refractivity contribution in [3.63, 3.8) is 0 Å². The molecule has 0 heterocycles. The number of hydrogen-bond acceptors (Lipinski definition) is 7. The third-order valence-corrected chi connectivity index (χ3v) is 7.99. The third kappa shape index (κ3) is 8.95. The van der Waals surface area contributed by atoms with Gasteiger partial charge in [-0.15, -0.1) is 15.3 Å². The van der Waals surface area contributed by atoms with Gasteiger partial charge in [0.2, 0.25) is 5.82 Å². The Bertz CT molecular complexity index is 2280. The zero-order chi connectivity index (χ0) is 38.1. The molecule has 0 saturated heterocycles. The highest BCUT2D eigenvalue weighted by atomic mass is 19.2. The van der Waals surface area contributed by atoms with Crippen LogP contribution in [-0.4, -0.2) is 14.1 Å². The Morgan fingerprint density at radius 2 is 0.906 bits per heavy atom. The van der Waals surface area contributed by atoms with Crippen LogP contribution < -0.4 is 9.80 Å². The summed E-state index contributed by atoms with van der Waals surface area (Å²) < 4.78 is 67.5. The molecule has 12 heteroatoms. The van der Waals surface area contributed by atoms with Gasteiger partial charge in [-0.25, -0.2) is 22.0 Å². The maximum Gasteiger partial charge on any atom is 0.200 e. The summed E-state index contributed by atoms with van der Waals surface area (Å²) in [5.74, 6) is -10.5. The highest BCUT2D eigenvalue weighted by Gasteiger charge is 2.26. The normalized spacial score (nSPS) is 10.9. The smallest absolute Gasteiger partial charge is 0.200 e. The fraction of sp³-hybridized carbons (Fsp3) is 0.0976. The van der Waals surface area contributed by atoms with Gasteiger partial charge in [0, 0.05) is 25.5 Å². The summed E-state index contributed by atoms with van der Waals surface area (Å²) in [7, 11) is 3.76. The number of nitriles is 1. The molecule has 0 amide bonds. The Morgan fingerprint density at radius 3 is 1.34 bits per heavy atom. The molecule has 0 unspecified atom stereocenters. The minimum Gasteiger partial charge on any atom is -0.343 e. The molecule has 0 spiro atoms. The Labute approximate surface area is 303 Å². The number of aryl methyl sites for hydroxylation is 2. The summed E-state index contributed by atoms with van der Waals surface area (Å²) in [5.41, 5.74) is 6.29. The predicted octanol–water partition coefficient (Wildman–Crippen LogP) is 12.9. The van der Waals surface area contributed by atoms with Gasteiger partial charge in [0.1, 0.15) is 11.4 Å². The molecule has 0 aliphatic rings. The topological polar surface area (TPSA) is 79.7 Å². The van der Waals surface area contributed by atoms with E-state index in [1.165, 1.54) is 0 Å². The van der Waals surface area contributed by atoms with E-state index in [0.717, 1.165) is 33.9 Å². The molecule has 6 aromatic rings. The van der Waals surface area contributed by atoms with Crippen LogP contribution in [0.2, 0.25) is 0 Å². The van der Waals surface area contributed by atoms with Crippen molar-refractivity contribution in [2.45, 2.75) is 13.8 Å². The first-order chi connectivity index (χ1) is 25.5. The summed E-state index contributed by atoms with van der Waals surface area (Å²) in [4.78, 5) is 3.85. The predicted molar refractivity (Wildman–Crippen MR) is 197 cm³/mol. The fourth-order valence-electron chi connectivity index (χ4n) is 5.07. The third-order valence-electron chi connectivity index (χ3n) is 7.99. The quantitative estimate of drug-likeness (QED) is 0.0680. The van der Waals surface area contributed by atoms with Crippen molar-refractivity contribution in [1.82, 2.24) is 0 Å². The molecule has 0 saturated carbocycles. The lowest BCUT2D eigenvalue weighted by atomic mass is 10.1. The van der Waals surface area contributed by atoms with Gasteiger partial charge in [-0.2, -0.15) is 10.4 Å². The maximum absolute atomic E-state index is 13.8. The van der Waals surface area contributed by atoms with E-state index < -0.39 is 34.8 Å². The van der Waals surface area contributed by atoms with Gasteiger partial charge in [-0.3, -0.25) is 0 Å². The molecule has 0 bridgehead atoms. The van der Waals surface area contributed by atoms with Gasteiger partial charge in [0.15, 0.2) is 29.0 Å². The standard InChI is InChI=1S/C21H18N4.C20H14F5N3/c1-16-8-13-21(25(2)19-6-4-3-5-7-19)20(14-16)24-23-18-11-9-17(15-22)10-12-18;1-11-8-9-14(28(2)12-6-4-3-5-7-12)13(10-11)26-27-20-18(24)16(22)15(21)17(23)19(20)25/h3-14H,1-2H3;3-10H,1-2H3. The second-order valence-corrected chi connectivity index (χ2v) is 11.8. The molecular formula is C41H32F5N7. The first kappa shape index (κ1) is 37.5. The number of hydrogen-bond donors (Lipinski definition) is 0. The van der Waals surface area contributed by atoms with E-state index in [1.54, 1.807) is 61.3 Å². The van der Waals surface area contributed by atoms with Gasteiger partial charge in [0.05, 0.1) is 28.7 Å². The van der Waals surface area contributed by atoms with Gasteiger partial charge in [0.25, 0.3) is 0 Å². The summed E-state index contributed by atoms with van der Waals surface area (Å²) >= 11 is 0. The van der Waals surface area contributed by atoms with Crippen molar-refractivity contribution < 1.29 is 22.0 Å². The summed E-state index contributed by atoms with van der Waals surface area (Å²) in [6.45, 7) is 3.80. The van der Waals surface area contributed by atoms with E-state index in [-0.39, 0.29) is 5.69 Å². The van der Waals surface area contributed by atoms with Crippen molar-refractivity contribution >= 4 is 45.5 Å². The van der Waals surface area contributed by atoms with Crippen LogP contribution in [0.1, 0.15) is 16.7 Å². The molecule has 0 aliphatic heterocycles. The van der Waals surface area contributed by atoms with E-state index in [9.17, 15) is 22.0 Å². The highest BCUT2D eigenvalue weighted by molar-refractivity contribution is 5.75. The monoisotopic (exact) mass is 717 g/mol. The van der Waals surface area contributed by atoms with E-state index in [2.05, 4.69) is 55.7 Å². The number of anilines is 4. The minimum absolute atomic E-state index is 0.204. The Kier molecular flexibility index (Phi) is 12.0. The second-order valence-electron chi connectivity index (χ2n) is 11.8. The fourth-order valence-corrected chi connectivity index (χ4v) is 5.07. The Hall–Kier alpha value is -6.74. The minimum atomic E-state index is -2.24. The molecule has 53 heavy (non-hydrogen) atoms. The average molecular weight is 718 g/mol. The molecule has 0 aromatic heterocycles. The van der Waals surface area contributed by atoms with Crippen molar-refractivity contribution in [2.24, 2.45) is 20.5 Å². The molecule has 6 rings (SSSR count). The second kappa shape index (κ2) is 17.0. The lowest BCUT2D eigenvalue weighted by Crippen LogP contribution is -2.09. The number of azo groups is 2. The lowest BCUT2D eigenvalue weighted by Gasteiger charge is -2.21. The summed E-state index contributed by atoms with van der Waals surface area (Å²) in [6.07, 6.45) is 0. The van der Waals surface area contributed by atoms with Crippen LogP contribution in [0.3, 0.4) is 0 Å². The van der Waals surface area contributed by atoms with Gasteiger partial charge in [-0.05, 0) is 97.8 Å². The largest absolute Gasteiger partial charge is 0.343 e. The number of rotatable bonds is 8. The maximum atomic E-state index is 13.8. The first-order valence-electron chi connectivity index (χ1n) is 16.1. The van der Waals surface area contributed by atoms with Crippen LogP contribution in [0.15, 0.2) is 142 Å². The van der Waals surface area contributed by atoms with E-state index in [4.69, 9.17) is 5.26 Å². The molecular weight excluding hydrogens is 685 g/mol. The zero-order valence-corrected chi connectivity index (χ0v) is 29.1. The SMILES string of the molecule is Cc1ccc(N(C)c2ccccc2)c(N=Nc2c(F)c(F)c(F)c(F)c2F)c1.Cc1ccc(N(C)c2ccccc2)c(N=Nc2ccc(C#N)cc2)c1. The molecule has 6 aromatic carbocycles. The Balaban J connectivity index is 0.000000206. The number of benzene rings is 6. The van der Waals surface area contributed by atoms with Crippen molar-refractivity contribution in [1.29, 1.82) is 5.26 Å². The lowest BCUT2D eigenvalue weighted by molar-refractivity contribution is 0.380. The molecule has 0 fully saturated rings. The van der Waals surface area contributed by atoms with Crippen molar-refractivity contribution in [3.05, 3.63) is 167 Å². The molecule has 0 atom stereocenters. The number of nitrogens with zero attached hydrogens (tertiary/aromatic N) is 7. The van der Waals surface area contributed by atoms with Crippen LogP contribution in [0, 0.1) is 54.3 Å². The van der Waals surface area contributed by atoms with Crippen molar-refractivity contribution in [2.75, 3.05) is 23.9 Å². The van der Waals surface area contributed by atoms with E-state index in [1.807, 2.05) is 68.6 Å². The van der Waals surface area contributed by atoms with Crippen LogP contribution in [0.25, 0.3) is 0 Å². The van der Waals surface area contributed by atoms with Gasteiger partial charge in [-0.1, -0.05) is 48.5 Å². The van der Waals surface area contributed by atoms with Gasteiger partial charge >= 0.3 is 0 Å². The van der Waals surface area contributed by atoms with E-state index in [0.29, 0.717) is 16.9 Å². The van der Waals surface area contributed by atoms with Gasteiger partial charge < -0.3 is 9.80 Å². The average Bonchev–Trinajstić information content (AvgIpc) is 3.19. The number of halogens is 5. The zero-order valence-electron chi connectivity index (χ0n) is 29.1. The van der Waals surface area contributed by atoms with Crippen LogP contribution in [0.4, 0.5) is 67.5 Å². The molecule has 0 N–H and O–H groups in total. The Morgan fingerprint density at radius 1 is 0.491 bits per heavy atom.